The molecule has 1 aromatic heterocycles. The molecule has 9 heteroatoms. The van der Waals surface area contributed by atoms with Crippen LogP contribution in [0.4, 0.5) is 0 Å². The van der Waals surface area contributed by atoms with Crippen LogP contribution in [0.25, 0.3) is 0 Å². The van der Waals surface area contributed by atoms with Crippen molar-refractivity contribution in [2.45, 2.75) is 23.6 Å². The molecular weight excluding hydrogens is 294 g/mol. The summed E-state index contributed by atoms with van der Waals surface area (Å²) in [5.74, 6) is -1.20. The van der Waals surface area contributed by atoms with Crippen molar-refractivity contribution in [3.8, 4) is 0 Å². The minimum atomic E-state index is -3.99. The second-order valence-electron chi connectivity index (χ2n) is 4.37. The standard InChI is InChI=1S/C10H15NO6S2/c1-6-3-7(18-8(6)9(14)15)19(16,17)11-10(2,4-12)5-13/h3,11-13H,4-5H2,1-2H3,(H,14,15). The van der Waals surface area contributed by atoms with Crippen LogP contribution in [-0.2, 0) is 10.0 Å². The number of rotatable bonds is 6. The maximum atomic E-state index is 12.0. The molecule has 0 bridgehead atoms. The topological polar surface area (TPSA) is 124 Å². The van der Waals surface area contributed by atoms with Crippen LogP contribution >= 0.6 is 11.3 Å². The van der Waals surface area contributed by atoms with Crippen molar-refractivity contribution >= 4 is 27.3 Å². The number of aliphatic hydroxyl groups excluding tert-OH is 2. The van der Waals surface area contributed by atoms with Crippen molar-refractivity contribution in [3.63, 3.8) is 0 Å². The second kappa shape index (κ2) is 5.55. The summed E-state index contributed by atoms with van der Waals surface area (Å²) in [5, 5.41) is 27.0. The molecule has 0 saturated heterocycles. The number of aryl methyl sites for hydroxylation is 1. The lowest BCUT2D eigenvalue weighted by Crippen LogP contribution is -2.51. The van der Waals surface area contributed by atoms with Crippen molar-refractivity contribution < 1.29 is 28.5 Å². The highest BCUT2D eigenvalue weighted by Crippen LogP contribution is 2.26. The summed E-state index contributed by atoms with van der Waals surface area (Å²) in [6, 6.07) is 1.24. The Kier molecular flexibility index (Phi) is 4.69. The van der Waals surface area contributed by atoms with Crippen molar-refractivity contribution in [2.75, 3.05) is 13.2 Å². The van der Waals surface area contributed by atoms with Crippen LogP contribution < -0.4 is 4.72 Å². The van der Waals surface area contributed by atoms with Crippen molar-refractivity contribution in [1.29, 1.82) is 0 Å². The lowest BCUT2D eigenvalue weighted by molar-refractivity contribution is 0.0701. The van der Waals surface area contributed by atoms with Crippen LogP contribution in [-0.4, -0.2) is 48.5 Å². The first-order chi connectivity index (χ1) is 8.65. The van der Waals surface area contributed by atoms with Crippen LogP contribution in [0.3, 0.4) is 0 Å². The summed E-state index contributed by atoms with van der Waals surface area (Å²) in [4.78, 5) is 10.8. The highest BCUT2D eigenvalue weighted by molar-refractivity contribution is 7.91. The first-order valence-electron chi connectivity index (χ1n) is 5.24. The van der Waals surface area contributed by atoms with E-state index in [4.69, 9.17) is 15.3 Å². The summed E-state index contributed by atoms with van der Waals surface area (Å²) in [5.41, 5.74) is -1.06. The van der Waals surface area contributed by atoms with Gasteiger partial charge in [-0.25, -0.2) is 13.2 Å². The van der Waals surface area contributed by atoms with Crippen molar-refractivity contribution in [1.82, 2.24) is 4.72 Å². The third-order valence-electron chi connectivity index (χ3n) is 2.43. The number of hydrogen-bond acceptors (Lipinski definition) is 6. The highest BCUT2D eigenvalue weighted by atomic mass is 32.2. The molecule has 0 fully saturated rings. The van der Waals surface area contributed by atoms with Crippen molar-refractivity contribution in [3.05, 3.63) is 16.5 Å². The molecule has 1 rings (SSSR count). The fourth-order valence-corrected chi connectivity index (χ4v) is 4.06. The van der Waals surface area contributed by atoms with E-state index in [9.17, 15) is 13.2 Å². The first-order valence-corrected chi connectivity index (χ1v) is 7.54. The fraction of sp³-hybridized carbons (Fsp3) is 0.500. The van der Waals surface area contributed by atoms with Crippen molar-refractivity contribution in [2.24, 2.45) is 0 Å². The van der Waals surface area contributed by atoms with E-state index in [1.54, 1.807) is 0 Å². The van der Waals surface area contributed by atoms with E-state index < -0.39 is 34.7 Å². The Hall–Kier alpha value is -1.00. The highest BCUT2D eigenvalue weighted by Gasteiger charge is 2.31. The van der Waals surface area contributed by atoms with E-state index in [0.717, 1.165) is 0 Å². The van der Waals surface area contributed by atoms with E-state index in [-0.39, 0.29) is 9.09 Å². The quantitative estimate of drug-likeness (QED) is 0.576. The molecule has 0 aliphatic heterocycles. The number of aromatic carboxylic acids is 1. The van der Waals surface area contributed by atoms with Gasteiger partial charge in [0, 0.05) is 0 Å². The zero-order valence-electron chi connectivity index (χ0n) is 10.4. The molecule has 19 heavy (non-hydrogen) atoms. The normalized spacial score (nSPS) is 12.6. The number of thiophene rings is 1. The van der Waals surface area contributed by atoms with Gasteiger partial charge in [-0.05, 0) is 25.5 Å². The van der Waals surface area contributed by atoms with E-state index in [1.165, 1.54) is 19.9 Å². The molecule has 0 radical (unpaired) electrons. The Morgan fingerprint density at radius 2 is 1.95 bits per heavy atom. The van der Waals surface area contributed by atoms with Crippen LogP contribution in [0.15, 0.2) is 10.3 Å². The molecule has 0 amide bonds. The first kappa shape index (κ1) is 16.1. The number of carbonyl (C=O) groups is 1. The average molecular weight is 309 g/mol. The van der Waals surface area contributed by atoms with Gasteiger partial charge in [0.25, 0.3) is 10.0 Å². The van der Waals surface area contributed by atoms with Gasteiger partial charge in [0.15, 0.2) is 0 Å². The van der Waals surface area contributed by atoms with E-state index in [0.29, 0.717) is 16.9 Å². The Balaban J connectivity index is 3.15. The number of hydrogen-bond donors (Lipinski definition) is 4. The Morgan fingerprint density at radius 3 is 2.32 bits per heavy atom. The molecule has 1 heterocycles. The lowest BCUT2D eigenvalue weighted by atomic mass is 10.1. The van der Waals surface area contributed by atoms with Gasteiger partial charge in [-0.2, -0.15) is 4.72 Å². The second-order valence-corrected chi connectivity index (χ2v) is 7.33. The minimum absolute atomic E-state index is 0.0601. The van der Waals surface area contributed by atoms with Gasteiger partial charge in [0.05, 0.1) is 18.8 Å². The third-order valence-corrected chi connectivity index (χ3v) is 5.77. The lowest BCUT2D eigenvalue weighted by Gasteiger charge is -2.25. The summed E-state index contributed by atoms with van der Waals surface area (Å²) in [7, 11) is -3.99. The van der Waals surface area contributed by atoms with Gasteiger partial charge >= 0.3 is 5.97 Å². The monoisotopic (exact) mass is 309 g/mol. The minimum Gasteiger partial charge on any atom is -0.477 e. The molecule has 0 unspecified atom stereocenters. The van der Waals surface area contributed by atoms with Gasteiger partial charge in [-0.1, -0.05) is 0 Å². The Morgan fingerprint density at radius 1 is 1.42 bits per heavy atom. The zero-order chi connectivity index (χ0) is 14.8. The predicted molar refractivity (Wildman–Crippen MR) is 68.9 cm³/mol. The predicted octanol–water partition coefficient (Wildman–Crippen LogP) is -0.224. The summed E-state index contributed by atoms with van der Waals surface area (Å²) in [6.07, 6.45) is 0. The molecule has 0 aliphatic carbocycles. The van der Waals surface area contributed by atoms with E-state index in [2.05, 4.69) is 4.72 Å². The maximum absolute atomic E-state index is 12.0. The molecule has 1 aromatic rings. The summed E-state index contributed by atoms with van der Waals surface area (Å²) in [6.45, 7) is 1.66. The molecule has 4 N–H and O–H groups in total. The molecule has 0 saturated carbocycles. The number of nitrogens with one attached hydrogen (secondary N) is 1. The summed E-state index contributed by atoms with van der Waals surface area (Å²) < 4.78 is 26.1. The molecule has 0 atom stereocenters. The van der Waals surface area contributed by atoms with Crippen LogP contribution in [0.2, 0.25) is 0 Å². The van der Waals surface area contributed by atoms with Gasteiger partial charge < -0.3 is 15.3 Å². The summed E-state index contributed by atoms with van der Waals surface area (Å²) >= 11 is 0.623. The third kappa shape index (κ3) is 3.51. The Labute approximate surface area is 114 Å². The van der Waals surface area contributed by atoms with E-state index >= 15 is 0 Å². The number of carboxylic acid groups (broad SMARTS) is 1. The fourth-order valence-electron chi connectivity index (χ4n) is 1.29. The number of carboxylic acids is 1. The molecule has 7 nitrogen and oxygen atoms in total. The van der Waals surface area contributed by atoms with Gasteiger partial charge in [0.2, 0.25) is 0 Å². The SMILES string of the molecule is Cc1cc(S(=O)(=O)NC(C)(CO)CO)sc1C(=O)O. The molecule has 0 aliphatic rings. The van der Waals surface area contributed by atoms with Crippen LogP contribution in [0.5, 0.6) is 0 Å². The van der Waals surface area contributed by atoms with Crippen LogP contribution in [0, 0.1) is 6.92 Å². The van der Waals surface area contributed by atoms with Gasteiger partial charge in [-0.3, -0.25) is 0 Å². The maximum Gasteiger partial charge on any atom is 0.346 e. The Bertz CT molecular complexity index is 573. The largest absolute Gasteiger partial charge is 0.477 e. The number of aliphatic hydroxyl groups is 2. The molecule has 108 valence electrons. The van der Waals surface area contributed by atoms with E-state index in [1.807, 2.05) is 0 Å². The van der Waals surface area contributed by atoms with Gasteiger partial charge in [-0.15, -0.1) is 11.3 Å². The van der Waals surface area contributed by atoms with Gasteiger partial charge in [0.1, 0.15) is 9.09 Å². The van der Waals surface area contributed by atoms with Crippen LogP contribution in [0.1, 0.15) is 22.2 Å². The molecule has 0 spiro atoms. The molecular formula is C10H15NO6S2. The number of sulfonamides is 1. The smallest absolute Gasteiger partial charge is 0.346 e. The average Bonchev–Trinajstić information content (AvgIpc) is 2.71. The molecule has 0 aromatic carbocycles. The zero-order valence-corrected chi connectivity index (χ0v) is 12.0.